The number of carbonyl (C=O) groups excluding carboxylic acids is 5. The number of hydrogen-bond donors (Lipinski definition) is 2. The maximum Gasteiger partial charge on any atom is 0.262 e. The molecule has 1 unspecified atom stereocenters. The highest BCUT2D eigenvalue weighted by molar-refractivity contribution is 9.10. The first-order valence-electron chi connectivity index (χ1n) is 15.7. The number of likely N-dealkylation sites (tertiary alicyclic amines) is 1. The van der Waals surface area contributed by atoms with E-state index in [0.717, 1.165) is 40.2 Å². The fourth-order valence-electron chi connectivity index (χ4n) is 7.07. The molecule has 0 saturated carbocycles. The normalized spacial score (nSPS) is 21.2. The van der Waals surface area contributed by atoms with Crippen LogP contribution in [0.3, 0.4) is 0 Å². The molecule has 6 heterocycles. The van der Waals surface area contributed by atoms with E-state index in [9.17, 15) is 24.0 Å². The predicted octanol–water partition coefficient (Wildman–Crippen LogP) is 4.20. The Balaban J connectivity index is 0.980. The summed E-state index contributed by atoms with van der Waals surface area (Å²) in [5.41, 5.74) is 4.30. The van der Waals surface area contributed by atoms with Crippen LogP contribution in [0.2, 0.25) is 5.02 Å². The lowest BCUT2D eigenvalue weighted by Gasteiger charge is -2.31. The monoisotopic (exact) mass is 721 g/mol. The Morgan fingerprint density at radius 1 is 1.02 bits per heavy atom. The summed E-state index contributed by atoms with van der Waals surface area (Å²) < 4.78 is 2.70. The summed E-state index contributed by atoms with van der Waals surface area (Å²) in [4.78, 5) is 71.2. The van der Waals surface area contributed by atoms with E-state index in [1.54, 1.807) is 18.3 Å². The molecule has 12 nitrogen and oxygen atoms in total. The first kappa shape index (κ1) is 31.6. The largest absolute Gasteiger partial charge is 0.310 e. The summed E-state index contributed by atoms with van der Waals surface area (Å²) in [6.07, 6.45) is 5.73. The summed E-state index contributed by atoms with van der Waals surface area (Å²) in [6, 6.07) is 4.13. The molecule has 47 heavy (non-hydrogen) atoms. The molecular weight excluding hydrogens is 690 g/mol. The van der Waals surface area contributed by atoms with Crippen LogP contribution in [0.25, 0.3) is 11.1 Å². The Kier molecular flexibility index (Phi) is 8.04. The SMILES string of the molecule is CC1(C)Cc2c(-c3cc(NC(=O)C4CCN(Cc5cc6c(cc5Br)C(=O)N(C5CCC(=O)NC5=O)C6=O)CC4)ncc3Cl)cnn2C1. The van der Waals surface area contributed by atoms with E-state index in [-0.39, 0.29) is 41.2 Å². The smallest absolute Gasteiger partial charge is 0.262 e. The van der Waals surface area contributed by atoms with Crippen LogP contribution < -0.4 is 10.6 Å². The predicted molar refractivity (Wildman–Crippen MR) is 175 cm³/mol. The number of benzene rings is 1. The van der Waals surface area contributed by atoms with Gasteiger partial charge in [0.1, 0.15) is 11.9 Å². The number of aromatic nitrogens is 3. The van der Waals surface area contributed by atoms with Crippen LogP contribution in [-0.4, -0.2) is 73.2 Å². The Morgan fingerprint density at radius 3 is 2.47 bits per heavy atom. The Labute approximate surface area is 284 Å². The van der Waals surface area contributed by atoms with E-state index in [0.29, 0.717) is 47.8 Å². The van der Waals surface area contributed by atoms with Gasteiger partial charge in [-0.2, -0.15) is 5.10 Å². The van der Waals surface area contributed by atoms with Crippen molar-refractivity contribution in [2.45, 2.75) is 65.1 Å². The molecule has 0 spiro atoms. The second-order valence-corrected chi connectivity index (χ2v) is 14.8. The average molecular weight is 723 g/mol. The van der Waals surface area contributed by atoms with Gasteiger partial charge in [-0.15, -0.1) is 0 Å². The van der Waals surface area contributed by atoms with Gasteiger partial charge in [0.05, 0.1) is 22.3 Å². The average Bonchev–Trinajstić information content (AvgIpc) is 3.62. The highest BCUT2D eigenvalue weighted by Gasteiger charge is 2.45. The fourth-order valence-corrected chi connectivity index (χ4v) is 7.74. The first-order valence-corrected chi connectivity index (χ1v) is 16.8. The second-order valence-electron chi connectivity index (χ2n) is 13.5. The Bertz CT molecular complexity index is 1870. The number of nitrogens with one attached hydrogen (secondary N) is 2. The van der Waals surface area contributed by atoms with Gasteiger partial charge in [-0.05, 0) is 68.0 Å². The number of halogens is 2. The highest BCUT2D eigenvalue weighted by atomic mass is 79.9. The molecule has 4 aliphatic heterocycles. The summed E-state index contributed by atoms with van der Waals surface area (Å²) in [5, 5.41) is 10.3. The minimum atomic E-state index is -1.01. The standard InChI is InChI=1S/C33H33BrClN7O5/c1-33(2)12-26-22(13-37-41(26)16-33)19-11-27(36-14-24(19)35)38-29(44)17-5-7-40(8-6-17)15-18-9-20-21(10-23(18)34)32(47)42(31(20)46)25-3-4-28(43)39-30(25)45/h9-11,13-14,17,25H,3-8,12,15-16H2,1-2H3,(H,36,38,44)(H,39,43,45). The van der Waals surface area contributed by atoms with Crippen LogP contribution in [0.1, 0.15) is 71.5 Å². The number of imide groups is 2. The molecule has 0 aliphatic carbocycles. The molecule has 0 radical (unpaired) electrons. The second kappa shape index (κ2) is 11.9. The van der Waals surface area contributed by atoms with Crippen LogP contribution in [0.4, 0.5) is 5.82 Å². The van der Waals surface area contributed by atoms with Crippen LogP contribution in [0.15, 0.2) is 35.1 Å². The lowest BCUT2D eigenvalue weighted by atomic mass is 9.89. The van der Waals surface area contributed by atoms with E-state index in [1.165, 1.54) is 0 Å². The minimum absolute atomic E-state index is 0.0654. The van der Waals surface area contributed by atoms with Crippen molar-refractivity contribution in [2.75, 3.05) is 18.4 Å². The van der Waals surface area contributed by atoms with Crippen molar-refractivity contribution in [2.24, 2.45) is 11.3 Å². The minimum Gasteiger partial charge on any atom is -0.310 e. The summed E-state index contributed by atoms with van der Waals surface area (Å²) >= 11 is 10.1. The zero-order chi connectivity index (χ0) is 33.2. The highest BCUT2D eigenvalue weighted by Crippen LogP contribution is 2.40. The number of nitrogens with zero attached hydrogens (tertiary/aromatic N) is 5. The summed E-state index contributed by atoms with van der Waals surface area (Å²) in [6.45, 7) is 7.10. The van der Waals surface area contributed by atoms with E-state index in [2.05, 4.69) is 55.4 Å². The third-order valence-electron chi connectivity index (χ3n) is 9.53. The number of pyridine rings is 1. The molecule has 2 saturated heterocycles. The van der Waals surface area contributed by atoms with Crippen LogP contribution in [0.5, 0.6) is 0 Å². The van der Waals surface area contributed by atoms with E-state index in [4.69, 9.17) is 11.6 Å². The van der Waals surface area contributed by atoms with E-state index in [1.807, 2.05) is 16.9 Å². The molecular formula is C33H33BrClN7O5. The molecule has 0 bridgehead atoms. The van der Waals surface area contributed by atoms with Crippen LogP contribution in [0, 0.1) is 11.3 Å². The number of hydrogen-bond acceptors (Lipinski definition) is 8. The van der Waals surface area contributed by atoms with E-state index >= 15 is 0 Å². The van der Waals surface area contributed by atoms with Gasteiger partial charge in [-0.25, -0.2) is 4.98 Å². The molecule has 14 heteroatoms. The van der Waals surface area contributed by atoms with Crippen molar-refractivity contribution in [3.05, 3.63) is 62.5 Å². The fraction of sp³-hybridized carbons (Fsp3) is 0.424. The molecule has 1 aromatic carbocycles. The number of amides is 5. The zero-order valence-electron chi connectivity index (χ0n) is 25.9. The van der Waals surface area contributed by atoms with Gasteiger partial charge in [0.15, 0.2) is 0 Å². The van der Waals surface area contributed by atoms with Gasteiger partial charge in [-0.1, -0.05) is 41.4 Å². The van der Waals surface area contributed by atoms with Gasteiger partial charge in [0.2, 0.25) is 17.7 Å². The van der Waals surface area contributed by atoms with E-state index < -0.39 is 29.7 Å². The molecule has 3 aromatic rings. The third kappa shape index (κ3) is 5.89. The molecule has 2 fully saturated rings. The molecule has 2 N–H and O–H groups in total. The third-order valence-corrected chi connectivity index (χ3v) is 10.6. The Morgan fingerprint density at radius 2 is 1.74 bits per heavy atom. The summed E-state index contributed by atoms with van der Waals surface area (Å²) in [5.74, 6) is -1.98. The number of fused-ring (bicyclic) bond motifs is 2. The molecule has 7 rings (SSSR count). The number of rotatable bonds is 6. The molecule has 2 aromatic heterocycles. The number of piperidine rings is 2. The topological polar surface area (TPSA) is 147 Å². The quantitative estimate of drug-likeness (QED) is 0.361. The van der Waals surface area contributed by atoms with Crippen LogP contribution in [-0.2, 0) is 33.9 Å². The zero-order valence-corrected chi connectivity index (χ0v) is 28.3. The van der Waals surface area contributed by atoms with Crippen molar-refractivity contribution < 1.29 is 24.0 Å². The lowest BCUT2D eigenvalue weighted by Crippen LogP contribution is -2.54. The van der Waals surface area contributed by atoms with Gasteiger partial charge in [-0.3, -0.25) is 43.8 Å². The van der Waals surface area contributed by atoms with Crippen LogP contribution >= 0.6 is 27.5 Å². The van der Waals surface area contributed by atoms with Crippen molar-refractivity contribution in [1.82, 2.24) is 29.9 Å². The Hall–Kier alpha value is -3.94. The molecule has 5 amide bonds. The van der Waals surface area contributed by atoms with Gasteiger partial charge in [0, 0.05) is 52.9 Å². The first-order chi connectivity index (χ1) is 22.4. The number of carbonyl (C=O) groups is 5. The van der Waals surface area contributed by atoms with Crippen molar-refractivity contribution in [1.29, 1.82) is 0 Å². The maximum atomic E-state index is 13.3. The summed E-state index contributed by atoms with van der Waals surface area (Å²) in [7, 11) is 0. The maximum absolute atomic E-state index is 13.3. The lowest BCUT2D eigenvalue weighted by molar-refractivity contribution is -0.136. The van der Waals surface area contributed by atoms with Gasteiger partial charge >= 0.3 is 0 Å². The number of anilines is 1. The van der Waals surface area contributed by atoms with Gasteiger partial charge in [0.25, 0.3) is 11.8 Å². The molecule has 244 valence electrons. The van der Waals surface area contributed by atoms with Gasteiger partial charge < -0.3 is 5.32 Å². The van der Waals surface area contributed by atoms with Crippen molar-refractivity contribution in [3.8, 4) is 11.1 Å². The molecule has 1 atom stereocenters. The van der Waals surface area contributed by atoms with Crippen molar-refractivity contribution >= 4 is 62.9 Å². The molecule has 4 aliphatic rings. The van der Waals surface area contributed by atoms with Crippen molar-refractivity contribution in [3.63, 3.8) is 0 Å².